The van der Waals surface area contributed by atoms with Crippen molar-refractivity contribution in [1.82, 2.24) is 15.1 Å². The summed E-state index contributed by atoms with van der Waals surface area (Å²) < 4.78 is 0. The fraction of sp³-hybridized carbons (Fsp3) is 0.933. The highest BCUT2D eigenvalue weighted by Gasteiger charge is 2.35. The summed E-state index contributed by atoms with van der Waals surface area (Å²) in [6.45, 7) is 12.0. The summed E-state index contributed by atoms with van der Waals surface area (Å²) >= 11 is 0. The third kappa shape index (κ3) is 3.11. The SMILES string of the molecule is CCN1CCC(N(C)C(=O)C(C)C2CNC2)C(C)C1. The predicted molar refractivity (Wildman–Crippen MR) is 78.0 cm³/mol. The molecule has 2 saturated heterocycles. The first-order chi connectivity index (χ1) is 9.04. The molecule has 0 aromatic heterocycles. The molecule has 110 valence electrons. The Morgan fingerprint density at radius 3 is 2.63 bits per heavy atom. The molecule has 0 bridgehead atoms. The van der Waals surface area contributed by atoms with Crippen molar-refractivity contribution in [3.05, 3.63) is 0 Å². The zero-order chi connectivity index (χ0) is 14.0. The summed E-state index contributed by atoms with van der Waals surface area (Å²) in [6, 6.07) is 0.422. The van der Waals surface area contributed by atoms with E-state index in [4.69, 9.17) is 0 Å². The number of piperidine rings is 1. The van der Waals surface area contributed by atoms with Gasteiger partial charge in [-0.05, 0) is 37.9 Å². The topological polar surface area (TPSA) is 35.6 Å². The van der Waals surface area contributed by atoms with Crippen LogP contribution in [-0.4, -0.2) is 61.5 Å². The van der Waals surface area contributed by atoms with Crippen molar-refractivity contribution < 1.29 is 4.79 Å². The molecule has 3 atom stereocenters. The second kappa shape index (κ2) is 6.23. The van der Waals surface area contributed by atoms with Crippen LogP contribution in [0.1, 0.15) is 27.2 Å². The van der Waals surface area contributed by atoms with E-state index in [1.807, 2.05) is 11.9 Å². The van der Waals surface area contributed by atoms with E-state index in [2.05, 4.69) is 31.0 Å². The average Bonchev–Trinajstić information content (AvgIpc) is 2.34. The summed E-state index contributed by atoms with van der Waals surface area (Å²) in [6.07, 6.45) is 1.12. The zero-order valence-electron chi connectivity index (χ0n) is 12.9. The number of likely N-dealkylation sites (tertiary alicyclic amines) is 1. The van der Waals surface area contributed by atoms with Crippen LogP contribution in [0.4, 0.5) is 0 Å². The molecule has 4 heteroatoms. The molecule has 0 spiro atoms. The Hall–Kier alpha value is -0.610. The summed E-state index contributed by atoms with van der Waals surface area (Å²) in [5.41, 5.74) is 0. The van der Waals surface area contributed by atoms with Gasteiger partial charge in [-0.3, -0.25) is 4.79 Å². The maximum absolute atomic E-state index is 12.6. The predicted octanol–water partition coefficient (Wildman–Crippen LogP) is 1.03. The van der Waals surface area contributed by atoms with E-state index in [1.165, 1.54) is 0 Å². The van der Waals surface area contributed by atoms with Gasteiger partial charge < -0.3 is 15.1 Å². The maximum atomic E-state index is 12.6. The molecule has 2 aliphatic heterocycles. The van der Waals surface area contributed by atoms with Crippen molar-refractivity contribution in [1.29, 1.82) is 0 Å². The summed E-state index contributed by atoms with van der Waals surface area (Å²) in [7, 11) is 2.01. The van der Waals surface area contributed by atoms with Gasteiger partial charge in [-0.25, -0.2) is 0 Å². The van der Waals surface area contributed by atoms with Crippen LogP contribution in [0.15, 0.2) is 0 Å². The lowest BCUT2D eigenvalue weighted by Gasteiger charge is -2.43. The van der Waals surface area contributed by atoms with E-state index in [0.717, 1.165) is 39.1 Å². The molecular weight excluding hydrogens is 238 g/mol. The van der Waals surface area contributed by atoms with Crippen LogP contribution in [0.25, 0.3) is 0 Å². The van der Waals surface area contributed by atoms with Crippen LogP contribution < -0.4 is 5.32 Å². The molecule has 2 rings (SSSR count). The van der Waals surface area contributed by atoms with Crippen molar-refractivity contribution in [2.24, 2.45) is 17.8 Å². The molecule has 0 aromatic carbocycles. The standard InChI is InChI=1S/C15H29N3O/c1-5-18-7-6-14(11(2)10-18)17(4)15(19)12(3)13-8-16-9-13/h11-14,16H,5-10H2,1-4H3. The van der Waals surface area contributed by atoms with Gasteiger partial charge in [0.15, 0.2) is 0 Å². The molecule has 1 N–H and O–H groups in total. The number of carbonyl (C=O) groups is 1. The van der Waals surface area contributed by atoms with E-state index in [0.29, 0.717) is 23.8 Å². The molecule has 0 aliphatic carbocycles. The number of carbonyl (C=O) groups excluding carboxylic acids is 1. The first kappa shape index (κ1) is 14.8. The zero-order valence-corrected chi connectivity index (χ0v) is 12.9. The van der Waals surface area contributed by atoms with Gasteiger partial charge in [-0.2, -0.15) is 0 Å². The number of hydrogen-bond acceptors (Lipinski definition) is 3. The minimum Gasteiger partial charge on any atom is -0.342 e. The van der Waals surface area contributed by atoms with Gasteiger partial charge in [-0.15, -0.1) is 0 Å². The van der Waals surface area contributed by atoms with E-state index in [1.54, 1.807) is 0 Å². The first-order valence-corrected chi connectivity index (χ1v) is 7.74. The largest absolute Gasteiger partial charge is 0.342 e. The van der Waals surface area contributed by atoms with Crippen molar-refractivity contribution >= 4 is 5.91 Å². The second-order valence-electron chi connectivity index (χ2n) is 6.38. The highest BCUT2D eigenvalue weighted by atomic mass is 16.2. The number of rotatable bonds is 4. The Morgan fingerprint density at radius 1 is 1.47 bits per heavy atom. The molecule has 2 fully saturated rings. The van der Waals surface area contributed by atoms with E-state index in [9.17, 15) is 4.79 Å². The Kier molecular flexibility index (Phi) is 4.85. The van der Waals surface area contributed by atoms with E-state index in [-0.39, 0.29) is 5.92 Å². The number of nitrogens with zero attached hydrogens (tertiary/aromatic N) is 2. The third-order valence-corrected chi connectivity index (χ3v) is 5.15. The Morgan fingerprint density at radius 2 is 2.16 bits per heavy atom. The van der Waals surface area contributed by atoms with Crippen LogP contribution in [0, 0.1) is 17.8 Å². The van der Waals surface area contributed by atoms with Gasteiger partial charge in [0.25, 0.3) is 0 Å². The van der Waals surface area contributed by atoms with Crippen molar-refractivity contribution in [3.8, 4) is 0 Å². The minimum atomic E-state index is 0.169. The molecule has 4 nitrogen and oxygen atoms in total. The molecule has 1 amide bonds. The molecule has 2 heterocycles. The Labute approximate surface area is 117 Å². The van der Waals surface area contributed by atoms with Crippen molar-refractivity contribution in [2.75, 3.05) is 39.8 Å². The normalized spacial score (nSPS) is 30.7. The average molecular weight is 267 g/mol. The van der Waals surface area contributed by atoms with Gasteiger partial charge in [0, 0.05) is 32.1 Å². The van der Waals surface area contributed by atoms with Gasteiger partial charge in [-0.1, -0.05) is 20.8 Å². The molecular formula is C15H29N3O. The number of hydrogen-bond donors (Lipinski definition) is 1. The van der Waals surface area contributed by atoms with Gasteiger partial charge in [0.2, 0.25) is 5.91 Å². The van der Waals surface area contributed by atoms with Crippen LogP contribution in [0.2, 0.25) is 0 Å². The van der Waals surface area contributed by atoms with Crippen molar-refractivity contribution in [2.45, 2.75) is 33.2 Å². The molecule has 3 unspecified atom stereocenters. The fourth-order valence-electron chi connectivity index (χ4n) is 3.43. The first-order valence-electron chi connectivity index (χ1n) is 7.74. The van der Waals surface area contributed by atoms with Gasteiger partial charge in [0.1, 0.15) is 0 Å². The monoisotopic (exact) mass is 267 g/mol. The highest BCUT2D eigenvalue weighted by molar-refractivity contribution is 5.79. The van der Waals surface area contributed by atoms with E-state index >= 15 is 0 Å². The fourth-order valence-corrected chi connectivity index (χ4v) is 3.43. The van der Waals surface area contributed by atoms with Crippen LogP contribution in [0.5, 0.6) is 0 Å². The minimum absolute atomic E-state index is 0.169. The lowest BCUT2D eigenvalue weighted by molar-refractivity contribution is -0.140. The molecule has 19 heavy (non-hydrogen) atoms. The van der Waals surface area contributed by atoms with Crippen LogP contribution >= 0.6 is 0 Å². The number of nitrogens with one attached hydrogen (secondary N) is 1. The smallest absolute Gasteiger partial charge is 0.225 e. The quantitative estimate of drug-likeness (QED) is 0.826. The molecule has 0 radical (unpaired) electrons. The lowest BCUT2D eigenvalue weighted by Crippen LogP contribution is -2.55. The summed E-state index contributed by atoms with van der Waals surface area (Å²) in [4.78, 5) is 17.1. The molecule has 2 aliphatic rings. The summed E-state index contributed by atoms with van der Waals surface area (Å²) in [5, 5.41) is 3.26. The summed E-state index contributed by atoms with van der Waals surface area (Å²) in [5.74, 6) is 1.63. The second-order valence-corrected chi connectivity index (χ2v) is 6.38. The lowest BCUT2D eigenvalue weighted by atomic mass is 9.86. The Bertz CT molecular complexity index is 317. The van der Waals surface area contributed by atoms with Gasteiger partial charge in [0.05, 0.1) is 0 Å². The van der Waals surface area contributed by atoms with Gasteiger partial charge >= 0.3 is 0 Å². The molecule has 0 saturated carbocycles. The molecule has 0 aromatic rings. The van der Waals surface area contributed by atoms with Crippen LogP contribution in [-0.2, 0) is 4.79 Å². The Balaban J connectivity index is 1.91. The van der Waals surface area contributed by atoms with E-state index < -0.39 is 0 Å². The van der Waals surface area contributed by atoms with Crippen LogP contribution in [0.3, 0.4) is 0 Å². The third-order valence-electron chi connectivity index (χ3n) is 5.15. The maximum Gasteiger partial charge on any atom is 0.225 e. The van der Waals surface area contributed by atoms with Crippen molar-refractivity contribution in [3.63, 3.8) is 0 Å². The highest BCUT2D eigenvalue weighted by Crippen LogP contribution is 2.25. The number of amides is 1.